The molecule has 0 bridgehead atoms. The zero-order chi connectivity index (χ0) is 27.6. The Kier molecular flexibility index (Phi) is 9.73. The minimum absolute atomic E-state index is 0.242. The van der Waals surface area contributed by atoms with E-state index in [0.29, 0.717) is 25.6 Å². The van der Waals surface area contributed by atoms with Gasteiger partial charge in [0.05, 0.1) is 11.7 Å². The van der Waals surface area contributed by atoms with Gasteiger partial charge in [-0.05, 0) is 55.2 Å². The number of nitrogens with one attached hydrogen (secondary N) is 3. The third-order valence-corrected chi connectivity index (χ3v) is 6.62. The van der Waals surface area contributed by atoms with Crippen molar-refractivity contribution in [2.45, 2.75) is 44.7 Å². The summed E-state index contributed by atoms with van der Waals surface area (Å²) in [6, 6.07) is 17.2. The lowest BCUT2D eigenvalue weighted by Crippen LogP contribution is -2.61. The number of phenols is 1. The molecule has 0 saturated carbocycles. The van der Waals surface area contributed by atoms with Crippen molar-refractivity contribution in [3.8, 4) is 17.0 Å². The highest BCUT2D eigenvalue weighted by molar-refractivity contribution is 5.82. The molecule has 12 heteroatoms. The van der Waals surface area contributed by atoms with Crippen molar-refractivity contribution in [3.63, 3.8) is 0 Å². The molecule has 39 heavy (non-hydrogen) atoms. The molecule has 1 fully saturated rings. The average Bonchev–Trinajstić information content (AvgIpc) is 2.94. The van der Waals surface area contributed by atoms with Crippen LogP contribution in [0.15, 0.2) is 71.1 Å². The maximum Gasteiger partial charge on any atom is 0.241 e. The standard InChI is InChI=1S/C27H36N10O2/c1-18-15-32-24(25(39)34-26(28)35-36-29)17-37(18)16-20-4-2-6-21(14-20)23-11-13-31-27(33-23)30-12-3-5-19-7-9-22(38)10-8-19/h2,4,6-11,13-14,18,24,26,32,38H,3,5,12,15-17,28H2,1H3,(H2,29,35)(H,34,39)(H,30,31,33)/t18-,24+,26?/m0/s1. The van der Waals surface area contributed by atoms with Gasteiger partial charge in [0.25, 0.3) is 0 Å². The van der Waals surface area contributed by atoms with Gasteiger partial charge in [-0.25, -0.2) is 9.97 Å². The lowest BCUT2D eigenvalue weighted by molar-refractivity contribution is -0.125. The van der Waals surface area contributed by atoms with Crippen LogP contribution in [0.25, 0.3) is 11.3 Å². The molecule has 3 atom stereocenters. The molecule has 1 saturated heterocycles. The Morgan fingerprint density at radius 1 is 1.23 bits per heavy atom. The summed E-state index contributed by atoms with van der Waals surface area (Å²) < 4.78 is 0. The van der Waals surface area contributed by atoms with Crippen molar-refractivity contribution in [2.75, 3.05) is 25.0 Å². The smallest absolute Gasteiger partial charge is 0.241 e. The maximum atomic E-state index is 12.6. The van der Waals surface area contributed by atoms with E-state index in [1.54, 1.807) is 18.3 Å². The molecular formula is C27H36N10O2. The Balaban J connectivity index is 1.34. The van der Waals surface area contributed by atoms with Crippen molar-refractivity contribution >= 4 is 11.9 Å². The molecule has 2 aromatic carbocycles. The number of phenolic OH excluding ortho intramolecular Hbond substituents is 1. The second-order valence-corrected chi connectivity index (χ2v) is 9.59. The maximum absolute atomic E-state index is 12.6. The van der Waals surface area contributed by atoms with Crippen molar-refractivity contribution in [1.29, 1.82) is 0 Å². The fourth-order valence-corrected chi connectivity index (χ4v) is 4.49. The van der Waals surface area contributed by atoms with Gasteiger partial charge < -0.3 is 26.9 Å². The largest absolute Gasteiger partial charge is 0.508 e. The highest BCUT2D eigenvalue weighted by atomic mass is 16.3. The number of hydrogen-bond donors (Lipinski definition) is 6. The quantitative estimate of drug-likeness (QED) is 0.0705. The number of nitrogens with two attached hydrogens (primary N) is 2. The Labute approximate surface area is 227 Å². The SMILES string of the molecule is C[C@H]1CN[C@@H](C(=O)NC(N)/N=N\N)CN1Cc1cccc(-c2ccnc(NCCCc3ccc(O)cc3)n2)c1. The molecule has 1 aromatic heterocycles. The molecular weight excluding hydrogens is 496 g/mol. The van der Waals surface area contributed by atoms with Gasteiger partial charge in [-0.2, -0.15) is 0 Å². The summed E-state index contributed by atoms with van der Waals surface area (Å²) in [6.07, 6.45) is 2.60. The number of carbonyl (C=O) groups is 1. The Morgan fingerprint density at radius 2 is 2.05 bits per heavy atom. The van der Waals surface area contributed by atoms with E-state index in [9.17, 15) is 9.90 Å². The number of aromatic nitrogens is 2. The van der Waals surface area contributed by atoms with E-state index >= 15 is 0 Å². The number of nitrogens with zero attached hydrogens (tertiary/aromatic N) is 5. The first-order chi connectivity index (χ1) is 18.9. The minimum atomic E-state index is -0.972. The number of anilines is 1. The fourth-order valence-electron chi connectivity index (χ4n) is 4.49. The molecule has 0 radical (unpaired) electrons. The number of amides is 1. The first-order valence-electron chi connectivity index (χ1n) is 13.0. The average molecular weight is 533 g/mol. The van der Waals surface area contributed by atoms with Crippen LogP contribution in [0.5, 0.6) is 5.75 Å². The van der Waals surface area contributed by atoms with Crippen molar-refractivity contribution in [2.24, 2.45) is 21.9 Å². The first-order valence-corrected chi connectivity index (χ1v) is 13.0. The highest BCUT2D eigenvalue weighted by Gasteiger charge is 2.30. The van der Waals surface area contributed by atoms with Crippen LogP contribution in [0.4, 0.5) is 5.95 Å². The molecule has 0 aliphatic carbocycles. The number of carbonyl (C=O) groups excluding carboxylic acids is 1. The van der Waals surface area contributed by atoms with E-state index in [4.69, 9.17) is 16.6 Å². The molecule has 4 rings (SSSR count). The third-order valence-electron chi connectivity index (χ3n) is 6.62. The van der Waals surface area contributed by atoms with Crippen LogP contribution in [0.2, 0.25) is 0 Å². The van der Waals surface area contributed by atoms with Crippen molar-refractivity contribution < 1.29 is 9.90 Å². The third kappa shape index (κ3) is 8.18. The predicted octanol–water partition coefficient (Wildman–Crippen LogP) is 1.74. The zero-order valence-electron chi connectivity index (χ0n) is 22.0. The second-order valence-electron chi connectivity index (χ2n) is 9.59. The van der Waals surface area contributed by atoms with Gasteiger partial charge in [0.15, 0.2) is 6.29 Å². The molecule has 1 aliphatic rings. The van der Waals surface area contributed by atoms with Gasteiger partial charge >= 0.3 is 0 Å². The fraction of sp³-hybridized carbons (Fsp3) is 0.370. The number of rotatable bonds is 11. The second kappa shape index (κ2) is 13.6. The summed E-state index contributed by atoms with van der Waals surface area (Å²) in [6.45, 7) is 4.74. The lowest BCUT2D eigenvalue weighted by atomic mass is 10.0. The van der Waals surface area contributed by atoms with Gasteiger partial charge in [-0.1, -0.05) is 35.6 Å². The Bertz CT molecular complexity index is 1250. The van der Waals surface area contributed by atoms with Crippen LogP contribution >= 0.6 is 0 Å². The number of aromatic hydroxyl groups is 1. The van der Waals surface area contributed by atoms with Crippen LogP contribution in [0.1, 0.15) is 24.5 Å². The highest BCUT2D eigenvalue weighted by Crippen LogP contribution is 2.21. The van der Waals surface area contributed by atoms with Crippen molar-refractivity contribution in [1.82, 2.24) is 25.5 Å². The van der Waals surface area contributed by atoms with Crippen LogP contribution in [-0.4, -0.2) is 63.9 Å². The molecule has 0 spiro atoms. The van der Waals surface area contributed by atoms with E-state index in [1.807, 2.05) is 30.3 Å². The summed E-state index contributed by atoms with van der Waals surface area (Å²) in [5.74, 6) is 5.62. The van der Waals surface area contributed by atoms with Gasteiger partial charge in [0.2, 0.25) is 11.9 Å². The van der Waals surface area contributed by atoms with E-state index in [2.05, 4.69) is 55.2 Å². The monoisotopic (exact) mass is 532 g/mol. The normalized spacial score (nSPS) is 18.6. The van der Waals surface area contributed by atoms with Crippen molar-refractivity contribution in [3.05, 3.63) is 71.9 Å². The van der Waals surface area contributed by atoms with Gasteiger partial charge in [-0.15, -0.1) is 5.11 Å². The Hall–Kier alpha value is -4.13. The van der Waals surface area contributed by atoms with Crippen LogP contribution in [-0.2, 0) is 17.8 Å². The van der Waals surface area contributed by atoms with Crippen LogP contribution < -0.4 is 27.5 Å². The number of hydrogen-bond acceptors (Lipinski definition) is 10. The van der Waals surface area contributed by atoms with E-state index in [0.717, 1.165) is 36.2 Å². The molecule has 206 valence electrons. The molecule has 3 aromatic rings. The number of piperazine rings is 1. The summed E-state index contributed by atoms with van der Waals surface area (Å²) in [7, 11) is 0. The van der Waals surface area contributed by atoms with Gasteiger partial charge in [0, 0.05) is 44.0 Å². The lowest BCUT2D eigenvalue weighted by Gasteiger charge is -2.38. The summed E-state index contributed by atoms with van der Waals surface area (Å²) >= 11 is 0. The Morgan fingerprint density at radius 3 is 2.85 bits per heavy atom. The molecule has 2 heterocycles. The van der Waals surface area contributed by atoms with Crippen LogP contribution in [0, 0.1) is 0 Å². The zero-order valence-corrected chi connectivity index (χ0v) is 22.0. The molecule has 1 amide bonds. The first kappa shape index (κ1) is 27.9. The van der Waals surface area contributed by atoms with E-state index in [-0.39, 0.29) is 17.7 Å². The van der Waals surface area contributed by atoms with E-state index < -0.39 is 12.3 Å². The molecule has 12 nitrogen and oxygen atoms in total. The number of aryl methyl sites for hydroxylation is 1. The topological polar surface area (TPSA) is 179 Å². The van der Waals surface area contributed by atoms with Gasteiger partial charge in [-0.3, -0.25) is 15.4 Å². The van der Waals surface area contributed by atoms with E-state index in [1.165, 1.54) is 5.56 Å². The summed E-state index contributed by atoms with van der Waals surface area (Å²) in [5.41, 5.74) is 9.81. The predicted molar refractivity (Wildman–Crippen MR) is 149 cm³/mol. The summed E-state index contributed by atoms with van der Waals surface area (Å²) in [5, 5.41) is 25.2. The minimum Gasteiger partial charge on any atom is -0.508 e. The summed E-state index contributed by atoms with van der Waals surface area (Å²) in [4.78, 5) is 23.9. The number of benzene rings is 2. The van der Waals surface area contributed by atoms with Gasteiger partial charge in [0.1, 0.15) is 5.75 Å². The van der Waals surface area contributed by atoms with Crippen LogP contribution in [0.3, 0.4) is 0 Å². The molecule has 1 unspecified atom stereocenters. The molecule has 8 N–H and O–H groups in total. The molecule has 1 aliphatic heterocycles.